The molecule has 0 atom stereocenters. The number of piperidine rings is 1. The summed E-state index contributed by atoms with van der Waals surface area (Å²) in [5, 5.41) is 0. The van der Waals surface area contributed by atoms with Crippen LogP contribution in [0.15, 0.2) is 24.3 Å². The van der Waals surface area contributed by atoms with Crippen LogP contribution in [0.4, 0.5) is 10.1 Å². The number of carbonyl (C=O) groups is 2. The standard InChI is InChI=1S/C21H28FN3O3S2/c1-16-6-8-25(9-7-16)21(29)30-15-20(27)28-14-19(26)24-12-10-23(11-13-24)18-4-2-17(22)3-5-18/h2-5,16H,6-15H2,1H3. The summed E-state index contributed by atoms with van der Waals surface area (Å²) >= 11 is 6.71. The molecule has 2 heterocycles. The molecule has 2 fully saturated rings. The molecule has 0 unspecified atom stereocenters. The third-order valence-corrected chi connectivity index (χ3v) is 7.03. The second-order valence-corrected chi connectivity index (χ2v) is 9.34. The fourth-order valence-electron chi connectivity index (χ4n) is 3.54. The summed E-state index contributed by atoms with van der Waals surface area (Å²) < 4.78 is 18.9. The summed E-state index contributed by atoms with van der Waals surface area (Å²) in [4.78, 5) is 30.3. The van der Waals surface area contributed by atoms with E-state index < -0.39 is 5.97 Å². The fraction of sp³-hybridized carbons (Fsp3) is 0.571. The number of thioether (sulfide) groups is 1. The van der Waals surface area contributed by atoms with Gasteiger partial charge in [-0.05, 0) is 43.0 Å². The number of likely N-dealkylation sites (tertiary alicyclic amines) is 1. The summed E-state index contributed by atoms with van der Waals surface area (Å²) in [6.07, 6.45) is 2.24. The Hall–Kier alpha value is -1.87. The molecule has 1 aromatic carbocycles. The number of amides is 1. The van der Waals surface area contributed by atoms with Crippen molar-refractivity contribution in [3.05, 3.63) is 30.1 Å². The van der Waals surface area contributed by atoms with Crippen molar-refractivity contribution in [3.63, 3.8) is 0 Å². The molecule has 1 aromatic rings. The first kappa shape index (κ1) is 22.8. The van der Waals surface area contributed by atoms with Crippen molar-refractivity contribution in [2.24, 2.45) is 5.92 Å². The van der Waals surface area contributed by atoms with Crippen LogP contribution in [0.25, 0.3) is 0 Å². The molecule has 0 saturated carbocycles. The first-order valence-corrected chi connectivity index (χ1v) is 11.7. The highest BCUT2D eigenvalue weighted by atomic mass is 32.2. The third kappa shape index (κ3) is 6.57. The first-order chi connectivity index (χ1) is 14.4. The molecule has 6 nitrogen and oxygen atoms in total. The van der Waals surface area contributed by atoms with Crippen LogP contribution in [-0.4, -0.2) is 77.6 Å². The van der Waals surface area contributed by atoms with Crippen LogP contribution < -0.4 is 4.90 Å². The number of carbonyl (C=O) groups excluding carboxylic acids is 2. The number of ether oxygens (including phenoxy) is 1. The van der Waals surface area contributed by atoms with Gasteiger partial charge < -0.3 is 19.4 Å². The predicted molar refractivity (Wildman–Crippen MR) is 121 cm³/mol. The van der Waals surface area contributed by atoms with Crippen LogP contribution in [0, 0.1) is 11.7 Å². The molecule has 0 spiro atoms. The van der Waals surface area contributed by atoms with Crippen LogP contribution in [0.2, 0.25) is 0 Å². The highest BCUT2D eigenvalue weighted by Gasteiger charge is 2.23. The lowest BCUT2D eigenvalue weighted by Crippen LogP contribution is -2.50. The van der Waals surface area contributed by atoms with Gasteiger partial charge in [-0.15, -0.1) is 0 Å². The summed E-state index contributed by atoms with van der Waals surface area (Å²) in [6.45, 7) is 6.26. The molecule has 0 aliphatic carbocycles. The fourth-order valence-corrected chi connectivity index (χ4v) is 4.59. The highest BCUT2D eigenvalue weighted by molar-refractivity contribution is 8.23. The minimum absolute atomic E-state index is 0.122. The molecule has 0 N–H and O–H groups in total. The molecule has 0 radical (unpaired) electrons. The van der Waals surface area contributed by atoms with Gasteiger partial charge in [-0.1, -0.05) is 30.9 Å². The van der Waals surface area contributed by atoms with Crippen molar-refractivity contribution < 1.29 is 18.7 Å². The van der Waals surface area contributed by atoms with E-state index in [1.54, 1.807) is 17.0 Å². The number of nitrogens with zero attached hydrogens (tertiary/aromatic N) is 3. The molecule has 2 saturated heterocycles. The Labute approximate surface area is 186 Å². The second-order valence-electron chi connectivity index (χ2n) is 7.73. The number of hydrogen-bond donors (Lipinski definition) is 0. The maximum Gasteiger partial charge on any atom is 0.316 e. The van der Waals surface area contributed by atoms with Crippen molar-refractivity contribution >= 4 is 45.9 Å². The Morgan fingerprint density at radius 3 is 2.33 bits per heavy atom. The largest absolute Gasteiger partial charge is 0.455 e. The van der Waals surface area contributed by atoms with Gasteiger partial charge in [0.2, 0.25) is 0 Å². The van der Waals surface area contributed by atoms with Gasteiger partial charge in [0.25, 0.3) is 5.91 Å². The van der Waals surface area contributed by atoms with Crippen LogP contribution in [0.3, 0.4) is 0 Å². The molecule has 0 aromatic heterocycles. The Kier molecular flexibility index (Phi) is 8.32. The van der Waals surface area contributed by atoms with Gasteiger partial charge in [0.1, 0.15) is 10.1 Å². The predicted octanol–water partition coefficient (Wildman–Crippen LogP) is 2.77. The molecule has 1 amide bonds. The number of hydrogen-bond acceptors (Lipinski definition) is 6. The molecule has 164 valence electrons. The van der Waals surface area contributed by atoms with Gasteiger partial charge in [-0.2, -0.15) is 0 Å². The summed E-state index contributed by atoms with van der Waals surface area (Å²) in [5.41, 5.74) is 0.936. The van der Waals surface area contributed by atoms with Gasteiger partial charge in [-0.3, -0.25) is 9.59 Å². The van der Waals surface area contributed by atoms with Crippen molar-refractivity contribution in [1.82, 2.24) is 9.80 Å². The van der Waals surface area contributed by atoms with Crippen molar-refractivity contribution in [2.45, 2.75) is 19.8 Å². The van der Waals surface area contributed by atoms with Crippen LogP contribution in [0.5, 0.6) is 0 Å². The maximum atomic E-state index is 13.1. The molecule has 30 heavy (non-hydrogen) atoms. The van der Waals surface area contributed by atoms with E-state index in [1.807, 2.05) is 0 Å². The zero-order chi connectivity index (χ0) is 21.5. The van der Waals surface area contributed by atoms with E-state index in [0.717, 1.165) is 41.9 Å². The smallest absolute Gasteiger partial charge is 0.316 e. The highest BCUT2D eigenvalue weighted by Crippen LogP contribution is 2.20. The van der Waals surface area contributed by atoms with Crippen molar-refractivity contribution in [1.29, 1.82) is 0 Å². The molecular weight excluding hydrogens is 425 g/mol. The lowest BCUT2D eigenvalue weighted by Gasteiger charge is -2.36. The maximum absolute atomic E-state index is 13.1. The van der Waals surface area contributed by atoms with Gasteiger partial charge in [-0.25, -0.2) is 4.39 Å². The number of benzene rings is 1. The van der Waals surface area contributed by atoms with E-state index in [1.165, 1.54) is 23.9 Å². The SMILES string of the molecule is CC1CCN(C(=S)SCC(=O)OCC(=O)N2CCN(c3ccc(F)cc3)CC2)CC1. The minimum atomic E-state index is -0.425. The number of piperazine rings is 1. The van der Waals surface area contributed by atoms with Gasteiger partial charge in [0.15, 0.2) is 6.61 Å². The Bertz CT molecular complexity index is 746. The number of thiocarbonyl (C=S) groups is 1. The average molecular weight is 454 g/mol. The molecule has 9 heteroatoms. The van der Waals surface area contributed by atoms with Crippen LogP contribution in [0.1, 0.15) is 19.8 Å². The average Bonchev–Trinajstić information content (AvgIpc) is 2.77. The molecule has 2 aliphatic rings. The normalized spacial score (nSPS) is 17.7. The molecular formula is C21H28FN3O3S2. The zero-order valence-electron chi connectivity index (χ0n) is 17.2. The lowest BCUT2D eigenvalue weighted by atomic mass is 10.00. The number of anilines is 1. The zero-order valence-corrected chi connectivity index (χ0v) is 18.9. The first-order valence-electron chi connectivity index (χ1n) is 10.3. The van der Waals surface area contributed by atoms with E-state index in [9.17, 15) is 14.0 Å². The second kappa shape index (κ2) is 10.9. The van der Waals surface area contributed by atoms with Gasteiger partial charge in [0.05, 0.1) is 5.75 Å². The summed E-state index contributed by atoms with van der Waals surface area (Å²) in [5.74, 6) is -0.0385. The molecule has 3 rings (SSSR count). The number of esters is 1. The molecule has 2 aliphatic heterocycles. The Morgan fingerprint density at radius 1 is 1.07 bits per heavy atom. The monoisotopic (exact) mass is 453 g/mol. The van der Waals surface area contributed by atoms with E-state index in [0.29, 0.717) is 26.2 Å². The quantitative estimate of drug-likeness (QED) is 0.502. The Morgan fingerprint density at radius 2 is 1.70 bits per heavy atom. The van der Waals surface area contributed by atoms with Gasteiger partial charge in [0, 0.05) is 45.0 Å². The minimum Gasteiger partial charge on any atom is -0.455 e. The lowest BCUT2D eigenvalue weighted by molar-refractivity contribution is -0.150. The van der Waals surface area contributed by atoms with Crippen molar-refractivity contribution in [3.8, 4) is 0 Å². The van der Waals surface area contributed by atoms with E-state index >= 15 is 0 Å². The number of rotatable bonds is 5. The Balaban J connectivity index is 1.33. The van der Waals surface area contributed by atoms with Gasteiger partial charge >= 0.3 is 5.97 Å². The number of halogens is 1. The molecule has 0 bridgehead atoms. The summed E-state index contributed by atoms with van der Waals surface area (Å²) in [6, 6.07) is 6.34. The van der Waals surface area contributed by atoms with E-state index in [-0.39, 0.29) is 24.1 Å². The third-order valence-electron chi connectivity index (χ3n) is 5.54. The van der Waals surface area contributed by atoms with E-state index in [2.05, 4.69) is 16.7 Å². The topological polar surface area (TPSA) is 53.1 Å². The van der Waals surface area contributed by atoms with Crippen LogP contribution in [-0.2, 0) is 14.3 Å². The summed E-state index contributed by atoms with van der Waals surface area (Å²) in [7, 11) is 0. The van der Waals surface area contributed by atoms with Crippen molar-refractivity contribution in [2.75, 3.05) is 56.5 Å². The van der Waals surface area contributed by atoms with E-state index in [4.69, 9.17) is 17.0 Å². The van der Waals surface area contributed by atoms with Crippen LogP contribution >= 0.6 is 24.0 Å².